The highest BCUT2D eigenvalue weighted by atomic mass is 35.5. The third-order valence-electron chi connectivity index (χ3n) is 6.40. The van der Waals surface area contributed by atoms with Crippen LogP contribution in [0.25, 0.3) is 0 Å². The van der Waals surface area contributed by atoms with Crippen molar-refractivity contribution in [3.05, 3.63) is 51.2 Å². The number of benzene rings is 1. The maximum absolute atomic E-state index is 14.4. The van der Waals surface area contributed by atoms with Gasteiger partial charge in [0.15, 0.2) is 0 Å². The molecule has 0 spiro atoms. The van der Waals surface area contributed by atoms with Gasteiger partial charge in [0.05, 0.1) is 53.7 Å². The number of nitrogens with zero attached hydrogens (tertiary/aromatic N) is 5. The summed E-state index contributed by atoms with van der Waals surface area (Å²) in [6, 6.07) is 3.61. The van der Waals surface area contributed by atoms with E-state index in [2.05, 4.69) is 10.4 Å². The van der Waals surface area contributed by atoms with Crippen LogP contribution in [0.2, 0.25) is 5.02 Å². The lowest BCUT2D eigenvalue weighted by molar-refractivity contribution is 0.142. The van der Waals surface area contributed by atoms with Crippen molar-refractivity contribution in [2.45, 2.75) is 30.7 Å². The highest BCUT2D eigenvalue weighted by molar-refractivity contribution is 7.90. The Balaban J connectivity index is 1.45. The molecule has 39 heavy (non-hydrogen) atoms. The molecule has 17 heteroatoms. The van der Waals surface area contributed by atoms with E-state index in [-0.39, 0.29) is 58.3 Å². The van der Waals surface area contributed by atoms with Gasteiger partial charge in [0, 0.05) is 36.2 Å². The predicted molar refractivity (Wildman–Crippen MR) is 138 cm³/mol. The molecule has 0 aliphatic carbocycles. The number of alkyl halides is 2. The monoisotopic (exact) mass is 608 g/mol. The van der Waals surface area contributed by atoms with Crippen molar-refractivity contribution in [2.24, 2.45) is 0 Å². The summed E-state index contributed by atoms with van der Waals surface area (Å²) in [5, 5.41) is 15.6. The minimum atomic E-state index is -4.86. The van der Waals surface area contributed by atoms with Gasteiger partial charge in [-0.3, -0.25) is 9.00 Å². The van der Waals surface area contributed by atoms with Crippen LogP contribution < -0.4 is 15.2 Å². The molecule has 2 fully saturated rings. The topological polar surface area (TPSA) is 138 Å². The van der Waals surface area contributed by atoms with E-state index in [0.717, 1.165) is 21.1 Å². The molecule has 4 rings (SSSR count). The van der Waals surface area contributed by atoms with E-state index >= 15 is 0 Å². The first-order valence-electron chi connectivity index (χ1n) is 11.8. The number of aromatic nitrogens is 2. The van der Waals surface area contributed by atoms with Gasteiger partial charge < -0.3 is 10.1 Å². The molecule has 1 aromatic carbocycles. The third kappa shape index (κ3) is 6.22. The zero-order chi connectivity index (χ0) is 28.3. The van der Waals surface area contributed by atoms with Crippen molar-refractivity contribution < 1.29 is 30.5 Å². The lowest BCUT2D eigenvalue weighted by Gasteiger charge is -2.35. The summed E-state index contributed by atoms with van der Waals surface area (Å²) >= 11 is 6.26. The van der Waals surface area contributed by atoms with Gasteiger partial charge >= 0.3 is 16.8 Å². The number of piperidine rings is 1. The number of hydrogen-bond acceptors (Lipinski definition) is 8. The van der Waals surface area contributed by atoms with E-state index in [9.17, 15) is 30.6 Å². The number of anilines is 2. The zero-order valence-electron chi connectivity index (χ0n) is 20.3. The first-order valence-corrected chi connectivity index (χ1v) is 14.9. The molecule has 0 unspecified atom stereocenters. The minimum absolute atomic E-state index is 0.0561. The van der Waals surface area contributed by atoms with Crippen molar-refractivity contribution in [1.82, 2.24) is 14.1 Å². The molecule has 3 heterocycles. The van der Waals surface area contributed by atoms with Crippen LogP contribution in [0.15, 0.2) is 29.2 Å². The van der Waals surface area contributed by atoms with E-state index in [1.165, 1.54) is 6.20 Å². The Hall–Kier alpha value is -2.71. The predicted octanol–water partition coefficient (Wildman–Crippen LogP) is 2.08. The molecule has 2 aromatic rings. The first kappa shape index (κ1) is 29.3. The van der Waals surface area contributed by atoms with Crippen LogP contribution in [0, 0.1) is 17.1 Å². The van der Waals surface area contributed by atoms with E-state index in [0.29, 0.717) is 25.0 Å². The summed E-state index contributed by atoms with van der Waals surface area (Å²) in [7, 11) is -5.93. The van der Waals surface area contributed by atoms with Crippen LogP contribution in [-0.2, 0) is 25.7 Å². The van der Waals surface area contributed by atoms with E-state index in [1.807, 2.05) is 0 Å². The summed E-state index contributed by atoms with van der Waals surface area (Å²) in [5.74, 6) is -0.861. The molecule has 2 aliphatic heterocycles. The van der Waals surface area contributed by atoms with Gasteiger partial charge in [-0.2, -0.15) is 36.2 Å². The van der Waals surface area contributed by atoms with Gasteiger partial charge in [0.25, 0.3) is 5.56 Å². The van der Waals surface area contributed by atoms with Crippen molar-refractivity contribution in [3.8, 4) is 6.07 Å². The molecule has 0 saturated carbocycles. The quantitative estimate of drug-likeness (QED) is 0.450. The maximum Gasteiger partial charge on any atom is 0.329 e. The fraction of sp³-hybridized carbons (Fsp3) is 0.500. The van der Waals surface area contributed by atoms with Crippen molar-refractivity contribution >= 4 is 44.0 Å². The third-order valence-corrected chi connectivity index (χ3v) is 10.3. The van der Waals surface area contributed by atoms with Crippen LogP contribution in [0.4, 0.5) is 24.5 Å². The van der Waals surface area contributed by atoms with Gasteiger partial charge in [-0.05, 0) is 31.0 Å². The molecule has 11 nitrogen and oxygen atoms in total. The summed E-state index contributed by atoms with van der Waals surface area (Å²) < 4.78 is 87.3. The normalized spacial score (nSPS) is 21.0. The SMILES string of the molecule is N#Cc1ccc(N(C(F)F)S(=O)(=O)N2CCC(n3ncc(NC[C@H]4COCC[S@@]4=O)c(Cl)c3=O)CC2)c(F)c1. The molecule has 2 atom stereocenters. The average molecular weight is 609 g/mol. The average Bonchev–Trinajstić information content (AvgIpc) is 2.91. The molecule has 0 radical (unpaired) electrons. The van der Waals surface area contributed by atoms with Crippen LogP contribution in [-0.4, -0.2) is 77.1 Å². The van der Waals surface area contributed by atoms with Crippen LogP contribution in [0.5, 0.6) is 0 Å². The fourth-order valence-electron chi connectivity index (χ4n) is 4.33. The number of ether oxygens (including phenoxy) is 1. The van der Waals surface area contributed by atoms with Crippen molar-refractivity contribution in [1.29, 1.82) is 5.26 Å². The zero-order valence-corrected chi connectivity index (χ0v) is 22.7. The Morgan fingerprint density at radius 2 is 2.05 bits per heavy atom. The Labute approximate surface area is 229 Å². The highest BCUT2D eigenvalue weighted by Gasteiger charge is 2.39. The second kappa shape index (κ2) is 12.2. The Kier molecular flexibility index (Phi) is 9.17. The van der Waals surface area contributed by atoms with Gasteiger partial charge in [0.2, 0.25) is 0 Å². The Bertz CT molecular complexity index is 1450. The summed E-state index contributed by atoms with van der Waals surface area (Å²) in [4.78, 5) is 12.9. The smallest absolute Gasteiger partial charge is 0.329 e. The molecule has 1 aromatic heterocycles. The second-order valence-electron chi connectivity index (χ2n) is 8.77. The fourth-order valence-corrected chi connectivity index (χ4v) is 7.18. The molecule has 2 aliphatic rings. The molecule has 1 N–H and O–H groups in total. The number of rotatable bonds is 8. The summed E-state index contributed by atoms with van der Waals surface area (Å²) in [6.45, 7) is -3.08. The standard InChI is InChI=1S/C22H24ClF3N6O5S2/c23-20-18(28-11-16-13-37-7-8-38(16)34)12-29-31(21(20)33)15-3-5-30(6-4-15)39(35,36)32(22(25)26)19-2-1-14(10-27)9-17(19)24/h1-2,9,12,15-16,22,28H,3-8,11,13H2/t16-,38-/m0/s1. The van der Waals surface area contributed by atoms with Crippen LogP contribution in [0.3, 0.4) is 0 Å². The van der Waals surface area contributed by atoms with Gasteiger partial charge in [-0.1, -0.05) is 11.6 Å². The molecule has 0 bridgehead atoms. The molecule has 0 amide bonds. The lowest BCUT2D eigenvalue weighted by Crippen LogP contribution is -2.50. The van der Waals surface area contributed by atoms with Gasteiger partial charge in [-0.25, -0.2) is 9.07 Å². The van der Waals surface area contributed by atoms with Crippen LogP contribution >= 0.6 is 11.6 Å². The van der Waals surface area contributed by atoms with E-state index in [1.54, 1.807) is 6.07 Å². The molecule has 212 valence electrons. The largest absolute Gasteiger partial charge is 0.381 e. The first-order chi connectivity index (χ1) is 18.5. The van der Waals surface area contributed by atoms with Crippen molar-refractivity contribution in [2.75, 3.05) is 48.2 Å². The Morgan fingerprint density at radius 1 is 1.33 bits per heavy atom. The highest BCUT2D eigenvalue weighted by Crippen LogP contribution is 2.31. The van der Waals surface area contributed by atoms with Gasteiger partial charge in [-0.15, -0.1) is 0 Å². The lowest BCUT2D eigenvalue weighted by atomic mass is 10.1. The number of nitriles is 1. The maximum atomic E-state index is 14.4. The summed E-state index contributed by atoms with van der Waals surface area (Å²) in [6.07, 6.45) is 1.45. The van der Waals surface area contributed by atoms with Crippen LogP contribution in [0.1, 0.15) is 24.4 Å². The Morgan fingerprint density at radius 3 is 2.67 bits per heavy atom. The van der Waals surface area contributed by atoms with Gasteiger partial charge in [0.1, 0.15) is 10.8 Å². The summed E-state index contributed by atoms with van der Waals surface area (Å²) in [5.41, 5.74) is -1.42. The van der Waals surface area contributed by atoms with Crippen molar-refractivity contribution in [3.63, 3.8) is 0 Å². The number of nitrogens with one attached hydrogen (secondary N) is 1. The number of hydrogen-bond donors (Lipinski definition) is 1. The molecular weight excluding hydrogens is 585 g/mol. The van der Waals surface area contributed by atoms with E-state index < -0.39 is 50.7 Å². The molecule has 2 saturated heterocycles. The number of halogens is 4. The minimum Gasteiger partial charge on any atom is -0.381 e. The second-order valence-corrected chi connectivity index (χ2v) is 12.8. The molecular formula is C22H24ClF3N6O5S2. The van der Waals surface area contributed by atoms with E-state index in [4.69, 9.17) is 21.6 Å².